The summed E-state index contributed by atoms with van der Waals surface area (Å²) in [6.45, 7) is 2.32. The van der Waals surface area contributed by atoms with Crippen LogP contribution in [0.2, 0.25) is 0 Å². The third-order valence-corrected chi connectivity index (χ3v) is 4.43. The highest BCUT2D eigenvalue weighted by molar-refractivity contribution is 7.16. The summed E-state index contributed by atoms with van der Waals surface area (Å²) in [5.74, 6) is 2.06. The fraction of sp³-hybridized carbons (Fsp3) is 0.538. The van der Waals surface area contributed by atoms with Crippen LogP contribution >= 0.6 is 11.3 Å². The average Bonchev–Trinajstić information content (AvgIpc) is 2.77. The second kappa shape index (κ2) is 4.72. The molecule has 0 saturated heterocycles. The van der Waals surface area contributed by atoms with Gasteiger partial charge in [-0.15, -0.1) is 11.3 Å². The van der Waals surface area contributed by atoms with Gasteiger partial charge in [0, 0.05) is 6.04 Å². The van der Waals surface area contributed by atoms with Gasteiger partial charge in [0.1, 0.15) is 10.6 Å². The molecule has 4 nitrogen and oxygen atoms in total. The van der Waals surface area contributed by atoms with Crippen molar-refractivity contribution in [3.63, 3.8) is 0 Å². The van der Waals surface area contributed by atoms with Gasteiger partial charge >= 0.3 is 0 Å². The van der Waals surface area contributed by atoms with Gasteiger partial charge in [-0.05, 0) is 30.2 Å². The van der Waals surface area contributed by atoms with E-state index in [0.717, 1.165) is 22.0 Å². The Bertz CT molecular complexity index is 551. The molecule has 1 aliphatic rings. The lowest BCUT2D eigenvalue weighted by Crippen LogP contribution is -2.26. The number of hydrogen-bond acceptors (Lipinski definition) is 5. The molecule has 1 aliphatic carbocycles. The van der Waals surface area contributed by atoms with E-state index in [9.17, 15) is 0 Å². The number of nitrogens with zero attached hydrogens (tertiary/aromatic N) is 2. The number of thiophene rings is 1. The zero-order valence-corrected chi connectivity index (χ0v) is 11.3. The molecule has 2 aromatic rings. The number of anilines is 2. The maximum Gasteiger partial charge on any atom is 0.223 e. The molecule has 2 atom stereocenters. The summed E-state index contributed by atoms with van der Waals surface area (Å²) in [6, 6.07) is 2.58. The van der Waals surface area contributed by atoms with Gasteiger partial charge in [0.25, 0.3) is 0 Å². The van der Waals surface area contributed by atoms with Crippen molar-refractivity contribution in [2.75, 3.05) is 11.1 Å². The van der Waals surface area contributed by atoms with Crippen LogP contribution in [0, 0.1) is 5.92 Å². The van der Waals surface area contributed by atoms with Crippen LogP contribution in [0.3, 0.4) is 0 Å². The van der Waals surface area contributed by atoms with Crippen molar-refractivity contribution in [3.05, 3.63) is 11.4 Å². The molecule has 2 unspecified atom stereocenters. The van der Waals surface area contributed by atoms with Gasteiger partial charge in [-0.2, -0.15) is 4.98 Å². The first-order valence-corrected chi connectivity index (χ1v) is 7.37. The molecule has 3 rings (SSSR count). The van der Waals surface area contributed by atoms with Gasteiger partial charge in [0.05, 0.1) is 5.39 Å². The summed E-state index contributed by atoms with van der Waals surface area (Å²) in [5, 5.41) is 6.68. The molecule has 2 aromatic heterocycles. The molecule has 0 spiro atoms. The van der Waals surface area contributed by atoms with E-state index in [0.29, 0.717) is 12.0 Å². The molecule has 2 heterocycles. The number of nitrogens with one attached hydrogen (secondary N) is 1. The Kier molecular flexibility index (Phi) is 3.07. The number of nitrogens with two attached hydrogens (primary N) is 1. The second-order valence-corrected chi connectivity index (χ2v) is 6.08. The first-order valence-electron chi connectivity index (χ1n) is 6.49. The third kappa shape index (κ3) is 2.27. The minimum Gasteiger partial charge on any atom is -0.368 e. The third-order valence-electron chi connectivity index (χ3n) is 3.62. The maximum atomic E-state index is 5.76. The standard InChI is InChI=1S/C13H18N4S/c1-8-3-2-4-9(7-8)15-11-10-5-6-18-12(10)17-13(14)16-11/h5-6,8-9H,2-4,7H2,1H3,(H3,14,15,16,17). The van der Waals surface area contributed by atoms with Gasteiger partial charge in [-0.25, -0.2) is 4.98 Å². The first-order chi connectivity index (χ1) is 8.72. The molecule has 0 bridgehead atoms. The van der Waals surface area contributed by atoms with Crippen LogP contribution in [-0.2, 0) is 0 Å². The Morgan fingerprint density at radius 2 is 2.28 bits per heavy atom. The summed E-state index contributed by atoms with van der Waals surface area (Å²) in [7, 11) is 0. The van der Waals surface area contributed by atoms with Crippen molar-refractivity contribution in [2.24, 2.45) is 5.92 Å². The predicted molar refractivity (Wildman–Crippen MR) is 76.9 cm³/mol. The van der Waals surface area contributed by atoms with Crippen molar-refractivity contribution < 1.29 is 0 Å². The fourth-order valence-electron chi connectivity index (χ4n) is 2.74. The smallest absolute Gasteiger partial charge is 0.223 e. The van der Waals surface area contributed by atoms with E-state index < -0.39 is 0 Å². The Hall–Kier alpha value is -1.36. The highest BCUT2D eigenvalue weighted by atomic mass is 32.1. The van der Waals surface area contributed by atoms with Gasteiger partial charge in [-0.3, -0.25) is 0 Å². The summed E-state index contributed by atoms with van der Waals surface area (Å²) in [5.41, 5.74) is 5.76. The van der Waals surface area contributed by atoms with Crippen LogP contribution in [-0.4, -0.2) is 16.0 Å². The Labute approximate surface area is 111 Å². The molecule has 1 fully saturated rings. The normalized spacial score (nSPS) is 24.3. The van der Waals surface area contributed by atoms with Crippen molar-refractivity contribution in [2.45, 2.75) is 38.6 Å². The topological polar surface area (TPSA) is 63.8 Å². The number of nitrogen functional groups attached to an aromatic ring is 1. The molecule has 3 N–H and O–H groups in total. The van der Waals surface area contributed by atoms with Crippen molar-refractivity contribution in [3.8, 4) is 0 Å². The molecule has 1 saturated carbocycles. The molecule has 0 amide bonds. The monoisotopic (exact) mass is 262 g/mol. The summed E-state index contributed by atoms with van der Waals surface area (Å²) in [4.78, 5) is 9.57. The van der Waals surface area contributed by atoms with Gasteiger partial charge in [-0.1, -0.05) is 19.8 Å². The van der Waals surface area contributed by atoms with Crippen molar-refractivity contribution in [1.82, 2.24) is 9.97 Å². The molecular formula is C13H18N4S. The van der Waals surface area contributed by atoms with Crippen molar-refractivity contribution in [1.29, 1.82) is 0 Å². The predicted octanol–water partition coefficient (Wildman–Crippen LogP) is 3.26. The number of aromatic nitrogens is 2. The van der Waals surface area contributed by atoms with Crippen LogP contribution in [0.4, 0.5) is 11.8 Å². The Balaban J connectivity index is 1.87. The van der Waals surface area contributed by atoms with Crippen LogP contribution in [0.1, 0.15) is 32.6 Å². The largest absolute Gasteiger partial charge is 0.368 e. The van der Waals surface area contributed by atoms with Crippen LogP contribution in [0.15, 0.2) is 11.4 Å². The number of rotatable bonds is 2. The lowest BCUT2D eigenvalue weighted by Gasteiger charge is -2.28. The molecule has 96 valence electrons. The highest BCUT2D eigenvalue weighted by Crippen LogP contribution is 2.30. The summed E-state index contributed by atoms with van der Waals surface area (Å²) >= 11 is 1.61. The van der Waals surface area contributed by atoms with E-state index in [4.69, 9.17) is 5.73 Å². The quantitative estimate of drug-likeness (QED) is 0.872. The first kappa shape index (κ1) is 11.7. The van der Waals surface area contributed by atoms with E-state index in [2.05, 4.69) is 28.3 Å². The van der Waals surface area contributed by atoms with E-state index in [1.54, 1.807) is 11.3 Å². The molecule has 0 aromatic carbocycles. The van der Waals surface area contributed by atoms with E-state index >= 15 is 0 Å². The minimum atomic E-state index is 0.358. The second-order valence-electron chi connectivity index (χ2n) is 5.18. The van der Waals surface area contributed by atoms with Crippen LogP contribution in [0.5, 0.6) is 0 Å². The highest BCUT2D eigenvalue weighted by Gasteiger charge is 2.20. The zero-order chi connectivity index (χ0) is 12.5. The molecule has 0 radical (unpaired) electrons. The van der Waals surface area contributed by atoms with E-state index in [1.165, 1.54) is 25.7 Å². The summed E-state index contributed by atoms with van der Waals surface area (Å²) in [6.07, 6.45) is 5.08. The molecule has 5 heteroatoms. The lowest BCUT2D eigenvalue weighted by molar-refractivity contribution is 0.358. The van der Waals surface area contributed by atoms with Gasteiger partial charge in [0.15, 0.2) is 0 Å². The van der Waals surface area contributed by atoms with Crippen LogP contribution in [0.25, 0.3) is 10.2 Å². The molecule has 0 aliphatic heterocycles. The van der Waals surface area contributed by atoms with Gasteiger partial charge < -0.3 is 11.1 Å². The number of fused-ring (bicyclic) bond motifs is 1. The lowest BCUT2D eigenvalue weighted by atomic mass is 9.87. The zero-order valence-electron chi connectivity index (χ0n) is 10.5. The minimum absolute atomic E-state index is 0.358. The number of hydrogen-bond donors (Lipinski definition) is 2. The molecule has 18 heavy (non-hydrogen) atoms. The average molecular weight is 262 g/mol. The van der Waals surface area contributed by atoms with E-state index in [-0.39, 0.29) is 0 Å². The maximum absolute atomic E-state index is 5.76. The summed E-state index contributed by atoms with van der Waals surface area (Å²) < 4.78 is 0. The van der Waals surface area contributed by atoms with Crippen LogP contribution < -0.4 is 11.1 Å². The Morgan fingerprint density at radius 1 is 1.39 bits per heavy atom. The fourth-order valence-corrected chi connectivity index (χ4v) is 3.51. The van der Waals surface area contributed by atoms with Gasteiger partial charge in [0.2, 0.25) is 5.95 Å². The van der Waals surface area contributed by atoms with E-state index in [1.807, 2.05) is 5.38 Å². The Morgan fingerprint density at radius 3 is 3.11 bits per heavy atom. The molecular weight excluding hydrogens is 244 g/mol. The van der Waals surface area contributed by atoms with Crippen molar-refractivity contribution >= 4 is 33.3 Å². The SMILES string of the molecule is CC1CCCC(Nc2nc(N)nc3sccc23)C1.